The lowest BCUT2D eigenvalue weighted by atomic mass is 9.78. The second-order valence-corrected chi connectivity index (χ2v) is 8.59. The summed E-state index contributed by atoms with van der Waals surface area (Å²) in [5.74, 6) is 1.13. The topological polar surface area (TPSA) is 131 Å². The van der Waals surface area contributed by atoms with Crippen LogP contribution in [0.25, 0.3) is 10.9 Å². The highest BCUT2D eigenvalue weighted by Gasteiger charge is 2.40. The van der Waals surface area contributed by atoms with E-state index in [4.69, 9.17) is 14.6 Å². The SMILES string of the molecule is COc1cc2ncc(C#N)c(N3CC(C)(CCNS(N)(=O)=O)C3)c2cc1OC. The maximum absolute atomic E-state index is 11.0. The van der Waals surface area contributed by atoms with Gasteiger partial charge in [0.15, 0.2) is 11.5 Å². The molecular weight excluding hydrogens is 382 g/mol. The number of nitrogens with one attached hydrogen (secondary N) is 1. The van der Waals surface area contributed by atoms with Gasteiger partial charge in [0.05, 0.1) is 31.0 Å². The molecule has 3 N–H and O–H groups in total. The first-order valence-corrected chi connectivity index (χ1v) is 10.2. The number of aromatic nitrogens is 1. The van der Waals surface area contributed by atoms with E-state index in [0.29, 0.717) is 42.1 Å². The minimum Gasteiger partial charge on any atom is -0.493 e. The molecule has 1 fully saturated rings. The van der Waals surface area contributed by atoms with E-state index in [1.165, 1.54) is 0 Å². The van der Waals surface area contributed by atoms with Crippen molar-refractivity contribution in [2.45, 2.75) is 13.3 Å². The third-order valence-corrected chi connectivity index (χ3v) is 5.56. The molecule has 1 saturated heterocycles. The number of rotatable bonds is 7. The van der Waals surface area contributed by atoms with Gasteiger partial charge >= 0.3 is 0 Å². The highest BCUT2D eigenvalue weighted by molar-refractivity contribution is 7.87. The van der Waals surface area contributed by atoms with Crippen molar-refractivity contribution in [3.05, 3.63) is 23.9 Å². The fraction of sp³-hybridized carbons (Fsp3) is 0.444. The number of nitriles is 1. The predicted octanol–water partition coefficient (Wildman–Crippen LogP) is 1.13. The molecule has 0 radical (unpaired) electrons. The molecule has 150 valence electrons. The van der Waals surface area contributed by atoms with Crippen molar-refractivity contribution in [3.8, 4) is 17.6 Å². The number of ether oxygens (including phenoxy) is 2. The molecule has 0 unspecified atom stereocenters. The van der Waals surface area contributed by atoms with E-state index in [2.05, 4.69) is 27.6 Å². The van der Waals surface area contributed by atoms with E-state index >= 15 is 0 Å². The van der Waals surface area contributed by atoms with Crippen LogP contribution in [0.15, 0.2) is 18.3 Å². The van der Waals surface area contributed by atoms with Gasteiger partial charge in [0.2, 0.25) is 0 Å². The molecule has 0 atom stereocenters. The number of nitrogens with two attached hydrogens (primary N) is 1. The van der Waals surface area contributed by atoms with Crippen LogP contribution in [0.1, 0.15) is 18.9 Å². The third kappa shape index (κ3) is 3.96. The maximum Gasteiger partial charge on any atom is 0.274 e. The standard InChI is InChI=1S/C18H23N5O4S/c1-18(4-5-22-28(20,24)25)10-23(11-18)17-12(8-19)9-21-14-7-16(27-3)15(26-2)6-13(14)17/h6-7,9,22H,4-5,10-11H2,1-3H3,(H2,20,24,25). The predicted molar refractivity (Wildman–Crippen MR) is 106 cm³/mol. The quantitative estimate of drug-likeness (QED) is 0.706. The van der Waals surface area contributed by atoms with Crippen molar-refractivity contribution >= 4 is 26.8 Å². The third-order valence-electron chi connectivity index (χ3n) is 4.96. The molecule has 0 aliphatic carbocycles. The second kappa shape index (κ2) is 7.43. The fourth-order valence-electron chi connectivity index (χ4n) is 3.61. The smallest absolute Gasteiger partial charge is 0.274 e. The van der Waals surface area contributed by atoms with Gasteiger partial charge in [-0.2, -0.15) is 13.7 Å². The second-order valence-electron chi connectivity index (χ2n) is 7.21. The summed E-state index contributed by atoms with van der Waals surface area (Å²) in [5, 5.41) is 15.4. The van der Waals surface area contributed by atoms with Gasteiger partial charge in [0, 0.05) is 42.7 Å². The van der Waals surface area contributed by atoms with Crippen LogP contribution in [0.3, 0.4) is 0 Å². The van der Waals surface area contributed by atoms with E-state index in [1.54, 1.807) is 26.5 Å². The number of hydrogen-bond donors (Lipinski definition) is 2. The Morgan fingerprint density at radius 1 is 1.32 bits per heavy atom. The molecule has 3 rings (SSSR count). The number of pyridine rings is 1. The lowest BCUT2D eigenvalue weighted by molar-refractivity contribution is 0.226. The number of nitrogens with zero attached hydrogens (tertiary/aromatic N) is 3. The van der Waals surface area contributed by atoms with Crippen LogP contribution in [0.2, 0.25) is 0 Å². The van der Waals surface area contributed by atoms with Crippen molar-refractivity contribution < 1.29 is 17.9 Å². The van der Waals surface area contributed by atoms with E-state index < -0.39 is 10.2 Å². The molecule has 0 bridgehead atoms. The molecule has 1 aliphatic rings. The van der Waals surface area contributed by atoms with E-state index in [-0.39, 0.29) is 12.0 Å². The number of anilines is 1. The molecular formula is C18H23N5O4S. The van der Waals surface area contributed by atoms with Gasteiger partial charge in [0.25, 0.3) is 10.2 Å². The number of benzene rings is 1. The molecule has 2 aromatic rings. The molecule has 0 spiro atoms. The Labute approximate surface area is 164 Å². The zero-order valence-electron chi connectivity index (χ0n) is 16.0. The first-order valence-electron chi connectivity index (χ1n) is 8.67. The summed E-state index contributed by atoms with van der Waals surface area (Å²) in [6.45, 7) is 3.71. The maximum atomic E-state index is 11.0. The molecule has 1 aromatic heterocycles. The number of fused-ring (bicyclic) bond motifs is 1. The van der Waals surface area contributed by atoms with Crippen molar-refractivity contribution in [2.24, 2.45) is 10.6 Å². The Kier molecular flexibility index (Phi) is 5.34. The molecule has 2 heterocycles. The summed E-state index contributed by atoms with van der Waals surface area (Å²) in [4.78, 5) is 6.48. The van der Waals surface area contributed by atoms with Crippen molar-refractivity contribution in [1.29, 1.82) is 5.26 Å². The highest BCUT2D eigenvalue weighted by atomic mass is 32.2. The van der Waals surface area contributed by atoms with Crippen molar-refractivity contribution in [1.82, 2.24) is 9.71 Å². The van der Waals surface area contributed by atoms with Crippen molar-refractivity contribution in [3.63, 3.8) is 0 Å². The van der Waals surface area contributed by atoms with E-state index in [9.17, 15) is 13.7 Å². The zero-order chi connectivity index (χ0) is 20.5. The Bertz CT molecular complexity index is 1040. The average molecular weight is 405 g/mol. The van der Waals surface area contributed by atoms with Crippen LogP contribution in [-0.2, 0) is 10.2 Å². The lowest BCUT2D eigenvalue weighted by Gasteiger charge is -2.50. The Hall–Kier alpha value is -2.61. The fourth-order valence-corrected chi connectivity index (χ4v) is 4.00. The van der Waals surface area contributed by atoms with E-state index in [0.717, 1.165) is 11.1 Å². The summed E-state index contributed by atoms with van der Waals surface area (Å²) in [5.41, 5.74) is 1.89. The zero-order valence-corrected chi connectivity index (χ0v) is 16.8. The average Bonchev–Trinajstić information content (AvgIpc) is 2.62. The first kappa shape index (κ1) is 20.1. The van der Waals surface area contributed by atoms with Crippen molar-refractivity contribution in [2.75, 3.05) is 38.8 Å². The van der Waals surface area contributed by atoms with Crippen LogP contribution in [0.4, 0.5) is 5.69 Å². The van der Waals surface area contributed by atoms with Crippen LogP contribution in [0.5, 0.6) is 11.5 Å². The van der Waals surface area contributed by atoms with Crippen LogP contribution in [0, 0.1) is 16.7 Å². The molecule has 9 nitrogen and oxygen atoms in total. The number of hydrogen-bond acceptors (Lipinski definition) is 7. The Balaban J connectivity index is 1.90. The molecule has 1 aliphatic heterocycles. The van der Waals surface area contributed by atoms with Gasteiger partial charge in [0.1, 0.15) is 6.07 Å². The van der Waals surface area contributed by atoms with Gasteiger partial charge < -0.3 is 14.4 Å². The normalized spacial score (nSPS) is 15.8. The Morgan fingerprint density at radius 3 is 2.54 bits per heavy atom. The van der Waals surface area contributed by atoms with Crippen LogP contribution >= 0.6 is 0 Å². The molecule has 1 aromatic carbocycles. The monoisotopic (exact) mass is 405 g/mol. The summed E-state index contributed by atoms with van der Waals surface area (Å²) in [7, 11) is -0.571. The summed E-state index contributed by atoms with van der Waals surface area (Å²) in [6.07, 6.45) is 2.20. The molecule has 28 heavy (non-hydrogen) atoms. The van der Waals surface area contributed by atoms with Gasteiger partial charge in [-0.05, 0) is 12.5 Å². The van der Waals surface area contributed by atoms with Gasteiger partial charge in [-0.15, -0.1) is 0 Å². The number of methoxy groups -OCH3 is 2. The summed E-state index contributed by atoms with van der Waals surface area (Å²) in [6, 6.07) is 5.82. The van der Waals surface area contributed by atoms with Gasteiger partial charge in [-0.1, -0.05) is 6.92 Å². The van der Waals surface area contributed by atoms with Crippen LogP contribution < -0.4 is 24.2 Å². The lowest BCUT2D eigenvalue weighted by Crippen LogP contribution is -2.56. The summed E-state index contributed by atoms with van der Waals surface area (Å²) < 4.78 is 35.1. The molecule has 0 amide bonds. The van der Waals surface area contributed by atoms with Crippen LogP contribution in [-0.4, -0.2) is 47.3 Å². The largest absolute Gasteiger partial charge is 0.493 e. The molecule has 0 saturated carbocycles. The minimum atomic E-state index is -3.69. The minimum absolute atomic E-state index is 0.0867. The van der Waals surface area contributed by atoms with Gasteiger partial charge in [-0.25, -0.2) is 9.86 Å². The molecule has 10 heteroatoms. The Morgan fingerprint density at radius 2 is 1.96 bits per heavy atom. The van der Waals surface area contributed by atoms with E-state index in [1.807, 2.05) is 6.07 Å². The van der Waals surface area contributed by atoms with Gasteiger partial charge in [-0.3, -0.25) is 4.98 Å². The summed E-state index contributed by atoms with van der Waals surface area (Å²) >= 11 is 0. The highest BCUT2D eigenvalue weighted by Crippen LogP contribution is 2.43. The first-order chi connectivity index (χ1) is 13.2.